The lowest BCUT2D eigenvalue weighted by Crippen LogP contribution is -2.45. The van der Waals surface area contributed by atoms with Crippen LogP contribution in [0.3, 0.4) is 0 Å². The predicted octanol–water partition coefficient (Wildman–Crippen LogP) is 5.37. The maximum atomic E-state index is 13.7. The van der Waals surface area contributed by atoms with Crippen molar-refractivity contribution in [3.63, 3.8) is 0 Å². The van der Waals surface area contributed by atoms with Crippen LogP contribution in [-0.2, 0) is 23.3 Å². The first-order valence-electron chi connectivity index (χ1n) is 11.9. The summed E-state index contributed by atoms with van der Waals surface area (Å²) >= 11 is 6.30. The number of benzene rings is 2. The minimum absolute atomic E-state index is 0.0662. The summed E-state index contributed by atoms with van der Waals surface area (Å²) in [4.78, 5) is 31.9. The highest BCUT2D eigenvalue weighted by atomic mass is 35.5. The Morgan fingerprint density at radius 1 is 1.08 bits per heavy atom. The van der Waals surface area contributed by atoms with Crippen LogP contribution in [0.25, 0.3) is 10.9 Å². The normalized spacial score (nSPS) is 16.4. The first kappa shape index (κ1) is 22.7. The van der Waals surface area contributed by atoms with Gasteiger partial charge in [0.15, 0.2) is 0 Å². The van der Waals surface area contributed by atoms with Crippen molar-refractivity contribution < 1.29 is 18.7 Å². The Kier molecular flexibility index (Phi) is 5.52. The first-order valence-corrected chi connectivity index (χ1v) is 12.3. The maximum absolute atomic E-state index is 13.7. The highest BCUT2D eigenvalue weighted by molar-refractivity contribution is 6.31. The van der Waals surface area contributed by atoms with Crippen molar-refractivity contribution >= 4 is 34.4 Å². The fourth-order valence-corrected chi connectivity index (χ4v) is 5.57. The van der Waals surface area contributed by atoms with Crippen LogP contribution in [0.1, 0.15) is 44.7 Å². The van der Waals surface area contributed by atoms with Gasteiger partial charge in [-0.2, -0.15) is 0 Å². The smallest absolute Gasteiger partial charge is 0.339 e. The Morgan fingerprint density at radius 3 is 2.64 bits per heavy atom. The molecule has 4 heterocycles. The van der Waals surface area contributed by atoms with Crippen LogP contribution >= 0.6 is 11.6 Å². The van der Waals surface area contributed by atoms with Crippen molar-refractivity contribution in [3.8, 4) is 0 Å². The van der Waals surface area contributed by atoms with Crippen LogP contribution in [0, 0.1) is 5.82 Å². The van der Waals surface area contributed by atoms with Gasteiger partial charge >= 0.3 is 5.97 Å². The summed E-state index contributed by atoms with van der Waals surface area (Å²) in [6.45, 7) is 1.56. The monoisotopic (exact) mass is 503 g/mol. The average Bonchev–Trinajstić information content (AvgIpc) is 3.37. The van der Waals surface area contributed by atoms with Gasteiger partial charge < -0.3 is 14.2 Å². The molecule has 6 rings (SSSR count). The fourth-order valence-electron chi connectivity index (χ4n) is 5.40. The second-order valence-electron chi connectivity index (χ2n) is 9.37. The zero-order chi connectivity index (χ0) is 24.9. The second kappa shape index (κ2) is 8.75. The number of rotatable bonds is 4. The number of likely N-dealkylation sites (tertiary alicyclic amines) is 1. The number of fused-ring (bicyclic) bond motifs is 3. The lowest BCUT2D eigenvalue weighted by molar-refractivity contribution is -0.0389. The van der Waals surface area contributed by atoms with Crippen molar-refractivity contribution in [1.29, 1.82) is 0 Å². The minimum atomic E-state index is -0.803. The number of carbonyl (C=O) groups excluding carboxylic acids is 2. The van der Waals surface area contributed by atoms with Crippen molar-refractivity contribution in [2.24, 2.45) is 0 Å². The third kappa shape index (κ3) is 3.84. The molecule has 0 N–H and O–H groups in total. The Labute approximate surface area is 212 Å². The topological polar surface area (TPSA) is 64.4 Å². The predicted molar refractivity (Wildman–Crippen MR) is 134 cm³/mol. The third-order valence-electron chi connectivity index (χ3n) is 7.30. The maximum Gasteiger partial charge on any atom is 0.339 e. The summed E-state index contributed by atoms with van der Waals surface area (Å²) in [5.41, 5.74) is 2.89. The van der Waals surface area contributed by atoms with E-state index in [9.17, 15) is 14.0 Å². The highest BCUT2D eigenvalue weighted by Crippen LogP contribution is 2.44. The molecule has 4 aromatic rings. The van der Waals surface area contributed by atoms with Crippen molar-refractivity contribution in [1.82, 2.24) is 14.5 Å². The van der Waals surface area contributed by atoms with Crippen molar-refractivity contribution in [2.45, 2.75) is 31.4 Å². The van der Waals surface area contributed by atoms with Crippen molar-refractivity contribution in [2.75, 3.05) is 13.1 Å². The van der Waals surface area contributed by atoms with E-state index >= 15 is 0 Å². The summed E-state index contributed by atoms with van der Waals surface area (Å²) in [5, 5.41) is 1.47. The van der Waals surface area contributed by atoms with E-state index in [0.717, 1.165) is 22.9 Å². The summed E-state index contributed by atoms with van der Waals surface area (Å²) in [7, 11) is 0. The molecule has 182 valence electrons. The lowest BCUT2D eigenvalue weighted by Gasteiger charge is -2.38. The van der Waals surface area contributed by atoms with Crippen LogP contribution in [0.15, 0.2) is 67.1 Å². The van der Waals surface area contributed by atoms with E-state index in [1.807, 2.05) is 30.5 Å². The Hall–Kier alpha value is -3.71. The molecule has 1 spiro atoms. The number of hydrogen-bond donors (Lipinski definition) is 0. The van der Waals surface area contributed by atoms with E-state index in [0.29, 0.717) is 48.6 Å². The van der Waals surface area contributed by atoms with E-state index in [2.05, 4.69) is 9.55 Å². The molecule has 2 aromatic carbocycles. The van der Waals surface area contributed by atoms with E-state index in [1.165, 1.54) is 12.1 Å². The summed E-state index contributed by atoms with van der Waals surface area (Å²) in [6, 6.07) is 13.8. The van der Waals surface area contributed by atoms with Crippen LogP contribution in [0.5, 0.6) is 0 Å². The SMILES string of the molecule is O=C1OC2(CCN(C(=O)c3cn(CCc4ccncc4)c4cc(Cl)ccc34)CC2)c2ccc(F)cc21. The molecule has 2 aliphatic heterocycles. The number of esters is 1. The number of ether oxygens (including phenoxy) is 1. The number of piperidine rings is 1. The molecule has 8 heteroatoms. The molecular formula is C28H23ClFN3O3. The van der Waals surface area contributed by atoms with Gasteiger partial charge in [-0.25, -0.2) is 9.18 Å². The molecule has 0 unspecified atom stereocenters. The van der Waals surface area contributed by atoms with Gasteiger partial charge in [0.25, 0.3) is 5.91 Å². The molecule has 0 saturated carbocycles. The molecule has 0 bridgehead atoms. The van der Waals surface area contributed by atoms with Gasteiger partial charge in [-0.05, 0) is 48.4 Å². The molecule has 0 atom stereocenters. The van der Waals surface area contributed by atoms with E-state index in [-0.39, 0.29) is 11.5 Å². The van der Waals surface area contributed by atoms with Gasteiger partial charge in [0.05, 0.1) is 16.6 Å². The van der Waals surface area contributed by atoms with E-state index in [1.54, 1.807) is 29.4 Å². The van der Waals surface area contributed by atoms with Crippen molar-refractivity contribution in [3.05, 3.63) is 100 Å². The number of carbonyl (C=O) groups is 2. The van der Waals surface area contributed by atoms with Crippen LogP contribution < -0.4 is 0 Å². The summed E-state index contributed by atoms with van der Waals surface area (Å²) in [6.07, 6.45) is 7.18. The van der Waals surface area contributed by atoms with Gasteiger partial charge in [-0.15, -0.1) is 0 Å². The van der Waals surface area contributed by atoms with E-state index in [4.69, 9.17) is 16.3 Å². The van der Waals surface area contributed by atoms with Crippen LogP contribution in [0.2, 0.25) is 5.02 Å². The van der Waals surface area contributed by atoms with Gasteiger partial charge in [-0.1, -0.05) is 23.7 Å². The minimum Gasteiger partial charge on any atom is -0.450 e. The Morgan fingerprint density at radius 2 is 1.86 bits per heavy atom. The molecule has 0 aliphatic carbocycles. The number of amides is 1. The molecule has 36 heavy (non-hydrogen) atoms. The first-order chi connectivity index (χ1) is 17.4. The highest BCUT2D eigenvalue weighted by Gasteiger charge is 2.48. The van der Waals surface area contributed by atoms with Gasteiger partial charge in [-0.3, -0.25) is 9.78 Å². The summed E-state index contributed by atoms with van der Waals surface area (Å²) < 4.78 is 21.5. The quantitative estimate of drug-likeness (QED) is 0.351. The van der Waals surface area contributed by atoms with Gasteiger partial charge in [0, 0.05) is 67.0 Å². The largest absolute Gasteiger partial charge is 0.450 e. The van der Waals surface area contributed by atoms with Gasteiger partial charge in [0.1, 0.15) is 11.4 Å². The number of pyridine rings is 1. The molecule has 0 radical (unpaired) electrons. The summed E-state index contributed by atoms with van der Waals surface area (Å²) in [5.74, 6) is -1.03. The second-order valence-corrected chi connectivity index (χ2v) is 9.81. The number of aromatic nitrogens is 2. The lowest BCUT2D eigenvalue weighted by atomic mass is 9.83. The molecular weight excluding hydrogens is 481 g/mol. The van der Waals surface area contributed by atoms with Gasteiger partial charge in [0.2, 0.25) is 0 Å². The zero-order valence-corrected chi connectivity index (χ0v) is 20.2. The number of aryl methyl sites for hydroxylation is 2. The Balaban J connectivity index is 1.25. The van der Waals surface area contributed by atoms with Crippen LogP contribution in [0.4, 0.5) is 4.39 Å². The zero-order valence-electron chi connectivity index (χ0n) is 19.4. The number of hydrogen-bond acceptors (Lipinski definition) is 4. The molecule has 2 aliphatic rings. The standard InChI is InChI=1S/C28H23ClFN3O3/c29-19-1-3-21-23(17-33(25(21)15-19)12-7-18-5-10-31-11-6-18)26(34)32-13-8-28(9-14-32)24-4-2-20(30)16-22(24)27(35)36-28/h1-6,10-11,15-17H,7-9,12-14H2. The molecule has 1 amide bonds. The molecule has 1 saturated heterocycles. The van der Waals surface area contributed by atoms with E-state index < -0.39 is 17.4 Å². The van der Waals surface area contributed by atoms with Crippen LogP contribution in [-0.4, -0.2) is 39.4 Å². The molecule has 6 nitrogen and oxygen atoms in total. The fraction of sp³-hybridized carbons (Fsp3) is 0.250. The average molecular weight is 504 g/mol. The number of halogens is 2. The number of nitrogens with zero attached hydrogens (tertiary/aromatic N) is 3. The third-order valence-corrected chi connectivity index (χ3v) is 7.54. The Bertz CT molecular complexity index is 1490. The molecule has 1 fully saturated rings. The molecule has 2 aromatic heterocycles.